The van der Waals surface area contributed by atoms with E-state index in [-0.39, 0.29) is 23.7 Å². The molecule has 0 heterocycles. The SMILES string of the molecule is CCCc1c(OCC(=O)OC)ccc(C(C)=O)c1O. The molecule has 0 unspecified atom stereocenters. The fraction of sp³-hybridized carbons (Fsp3) is 0.429. The molecule has 1 N–H and O–H groups in total. The molecule has 0 aliphatic rings. The number of methoxy groups -OCH3 is 1. The van der Waals surface area contributed by atoms with Gasteiger partial charge in [-0.3, -0.25) is 4.79 Å². The Hall–Kier alpha value is -2.04. The van der Waals surface area contributed by atoms with Gasteiger partial charge in [-0.1, -0.05) is 13.3 Å². The highest BCUT2D eigenvalue weighted by Gasteiger charge is 2.16. The van der Waals surface area contributed by atoms with E-state index in [0.717, 1.165) is 6.42 Å². The van der Waals surface area contributed by atoms with E-state index in [9.17, 15) is 14.7 Å². The van der Waals surface area contributed by atoms with Crippen LogP contribution in [-0.4, -0.2) is 30.6 Å². The highest BCUT2D eigenvalue weighted by molar-refractivity contribution is 5.97. The Kier molecular flexibility index (Phi) is 5.36. The van der Waals surface area contributed by atoms with Crippen molar-refractivity contribution in [3.8, 4) is 11.5 Å². The number of phenolic OH excluding ortho intramolecular Hbond substituents is 1. The van der Waals surface area contributed by atoms with Crippen LogP contribution in [-0.2, 0) is 16.0 Å². The molecule has 0 saturated carbocycles. The predicted molar refractivity (Wildman–Crippen MR) is 69.6 cm³/mol. The number of hydrogen-bond donors (Lipinski definition) is 1. The topological polar surface area (TPSA) is 72.8 Å². The van der Waals surface area contributed by atoms with E-state index >= 15 is 0 Å². The number of carbonyl (C=O) groups is 2. The third kappa shape index (κ3) is 3.71. The van der Waals surface area contributed by atoms with E-state index in [1.807, 2.05) is 6.92 Å². The molecule has 1 rings (SSSR count). The molecule has 1 aromatic carbocycles. The number of hydrogen-bond acceptors (Lipinski definition) is 5. The minimum absolute atomic E-state index is 0.0725. The van der Waals surface area contributed by atoms with Crippen LogP contribution in [0.25, 0.3) is 0 Å². The molecule has 0 saturated heterocycles. The van der Waals surface area contributed by atoms with Crippen LogP contribution in [0.3, 0.4) is 0 Å². The summed E-state index contributed by atoms with van der Waals surface area (Å²) in [7, 11) is 1.27. The van der Waals surface area contributed by atoms with E-state index < -0.39 is 5.97 Å². The lowest BCUT2D eigenvalue weighted by atomic mass is 10.0. The Balaban J connectivity index is 3.06. The lowest BCUT2D eigenvalue weighted by molar-refractivity contribution is -0.142. The number of benzene rings is 1. The summed E-state index contributed by atoms with van der Waals surface area (Å²) >= 11 is 0. The van der Waals surface area contributed by atoms with Crippen LogP contribution in [0.4, 0.5) is 0 Å². The minimum Gasteiger partial charge on any atom is -0.507 e. The van der Waals surface area contributed by atoms with Gasteiger partial charge in [0.05, 0.1) is 12.7 Å². The van der Waals surface area contributed by atoms with Crippen molar-refractivity contribution in [3.63, 3.8) is 0 Å². The van der Waals surface area contributed by atoms with Crippen molar-refractivity contribution in [2.24, 2.45) is 0 Å². The molecule has 0 aliphatic carbocycles. The average Bonchev–Trinajstić information content (AvgIpc) is 2.38. The second-order valence-electron chi connectivity index (χ2n) is 4.11. The number of esters is 1. The molecular formula is C14H18O5. The molecule has 0 fully saturated rings. The third-order valence-electron chi connectivity index (χ3n) is 2.69. The Morgan fingerprint density at radius 2 is 2.00 bits per heavy atom. The van der Waals surface area contributed by atoms with E-state index in [4.69, 9.17) is 4.74 Å². The molecule has 0 spiro atoms. The second-order valence-corrected chi connectivity index (χ2v) is 4.11. The van der Waals surface area contributed by atoms with Gasteiger partial charge in [-0.05, 0) is 25.5 Å². The molecule has 5 heteroatoms. The van der Waals surface area contributed by atoms with Crippen LogP contribution in [0.15, 0.2) is 12.1 Å². The summed E-state index contributed by atoms with van der Waals surface area (Å²) in [4.78, 5) is 22.4. The van der Waals surface area contributed by atoms with Gasteiger partial charge in [0, 0.05) is 5.56 Å². The number of phenols is 1. The minimum atomic E-state index is -0.502. The lowest BCUT2D eigenvalue weighted by Crippen LogP contribution is -2.13. The average molecular weight is 266 g/mol. The molecular weight excluding hydrogens is 248 g/mol. The van der Waals surface area contributed by atoms with Crippen LogP contribution in [0.1, 0.15) is 36.2 Å². The highest BCUT2D eigenvalue weighted by atomic mass is 16.6. The van der Waals surface area contributed by atoms with Crippen LogP contribution >= 0.6 is 0 Å². The zero-order valence-electron chi connectivity index (χ0n) is 11.4. The van der Waals surface area contributed by atoms with Gasteiger partial charge in [0.2, 0.25) is 0 Å². The quantitative estimate of drug-likeness (QED) is 0.630. The van der Waals surface area contributed by atoms with E-state index in [1.54, 1.807) is 6.07 Å². The van der Waals surface area contributed by atoms with Gasteiger partial charge in [-0.2, -0.15) is 0 Å². The molecule has 104 valence electrons. The smallest absolute Gasteiger partial charge is 0.343 e. The van der Waals surface area contributed by atoms with Crippen LogP contribution in [0, 0.1) is 0 Å². The Labute approximate surface area is 112 Å². The highest BCUT2D eigenvalue weighted by Crippen LogP contribution is 2.32. The fourth-order valence-electron chi connectivity index (χ4n) is 1.72. The molecule has 0 atom stereocenters. The zero-order chi connectivity index (χ0) is 14.4. The summed E-state index contributed by atoms with van der Waals surface area (Å²) in [6.45, 7) is 3.11. The Bertz CT molecular complexity index is 479. The standard InChI is InChI=1S/C14H18O5/c1-4-5-11-12(19-8-13(16)18-3)7-6-10(9(2)15)14(11)17/h6-7,17H,4-5,8H2,1-3H3. The monoisotopic (exact) mass is 266 g/mol. The normalized spacial score (nSPS) is 10.1. The van der Waals surface area contributed by atoms with Crippen molar-refractivity contribution in [2.75, 3.05) is 13.7 Å². The maximum atomic E-state index is 11.4. The van der Waals surface area contributed by atoms with Gasteiger partial charge in [-0.25, -0.2) is 4.79 Å². The number of rotatable bonds is 6. The van der Waals surface area contributed by atoms with Crippen LogP contribution in [0.2, 0.25) is 0 Å². The first-order chi connectivity index (χ1) is 9.01. The summed E-state index contributed by atoms with van der Waals surface area (Å²) in [5.41, 5.74) is 0.799. The van der Waals surface area contributed by atoms with Gasteiger partial charge >= 0.3 is 5.97 Å². The van der Waals surface area contributed by atoms with Crippen molar-refractivity contribution in [3.05, 3.63) is 23.3 Å². The van der Waals surface area contributed by atoms with Crippen molar-refractivity contribution >= 4 is 11.8 Å². The summed E-state index contributed by atoms with van der Waals surface area (Å²) < 4.78 is 9.80. The predicted octanol–water partition coefficient (Wildman–Crippen LogP) is 2.10. The summed E-state index contributed by atoms with van der Waals surface area (Å²) in [6, 6.07) is 3.08. The lowest BCUT2D eigenvalue weighted by Gasteiger charge is -2.13. The number of Topliss-reactive ketones (excluding diaryl/α,β-unsaturated/α-hetero) is 1. The van der Waals surface area contributed by atoms with Crippen LogP contribution in [0.5, 0.6) is 11.5 Å². The van der Waals surface area contributed by atoms with Crippen molar-refractivity contribution in [1.29, 1.82) is 0 Å². The van der Waals surface area contributed by atoms with Gasteiger partial charge in [0.25, 0.3) is 0 Å². The number of carbonyl (C=O) groups excluding carboxylic acids is 2. The van der Waals surface area contributed by atoms with Crippen molar-refractivity contribution in [2.45, 2.75) is 26.7 Å². The first-order valence-corrected chi connectivity index (χ1v) is 6.06. The molecule has 0 aliphatic heterocycles. The fourth-order valence-corrected chi connectivity index (χ4v) is 1.72. The molecule has 0 bridgehead atoms. The molecule has 1 aromatic rings. The maximum Gasteiger partial charge on any atom is 0.343 e. The second kappa shape index (κ2) is 6.78. The molecule has 19 heavy (non-hydrogen) atoms. The number of aromatic hydroxyl groups is 1. The van der Waals surface area contributed by atoms with E-state index in [2.05, 4.69) is 4.74 Å². The maximum absolute atomic E-state index is 11.4. The molecule has 0 radical (unpaired) electrons. The van der Waals surface area contributed by atoms with Crippen LogP contribution < -0.4 is 4.74 Å². The van der Waals surface area contributed by atoms with Crippen molar-refractivity contribution < 1.29 is 24.2 Å². The first kappa shape index (κ1) is 15.0. The van der Waals surface area contributed by atoms with Gasteiger partial charge in [0.1, 0.15) is 11.5 Å². The zero-order valence-corrected chi connectivity index (χ0v) is 11.4. The summed E-state index contributed by atoms with van der Waals surface area (Å²) in [5.74, 6) is -0.390. The molecule has 5 nitrogen and oxygen atoms in total. The van der Waals surface area contributed by atoms with Gasteiger partial charge in [-0.15, -0.1) is 0 Å². The molecule has 0 amide bonds. The summed E-state index contributed by atoms with van der Waals surface area (Å²) in [5, 5.41) is 10.1. The number of ether oxygens (including phenoxy) is 2. The van der Waals surface area contributed by atoms with E-state index in [1.165, 1.54) is 20.1 Å². The van der Waals surface area contributed by atoms with E-state index in [0.29, 0.717) is 17.7 Å². The van der Waals surface area contributed by atoms with Gasteiger partial charge in [0.15, 0.2) is 12.4 Å². The number of ketones is 1. The van der Waals surface area contributed by atoms with Crippen molar-refractivity contribution in [1.82, 2.24) is 0 Å². The molecule has 0 aromatic heterocycles. The third-order valence-corrected chi connectivity index (χ3v) is 2.69. The Morgan fingerprint density at radius 3 is 2.53 bits per heavy atom. The summed E-state index contributed by atoms with van der Waals surface area (Å²) in [6.07, 6.45) is 1.34. The largest absolute Gasteiger partial charge is 0.507 e. The Morgan fingerprint density at radius 1 is 1.32 bits per heavy atom. The van der Waals surface area contributed by atoms with Gasteiger partial charge < -0.3 is 14.6 Å². The first-order valence-electron chi connectivity index (χ1n) is 6.06.